The Hall–Kier alpha value is -3.33. The number of rotatable bonds is 5. The van der Waals surface area contributed by atoms with Gasteiger partial charge in [0.05, 0.1) is 11.6 Å². The first-order valence-electron chi connectivity index (χ1n) is 7.85. The summed E-state index contributed by atoms with van der Waals surface area (Å²) in [6, 6.07) is 11.5. The van der Waals surface area contributed by atoms with Crippen LogP contribution in [-0.4, -0.2) is 17.9 Å². The van der Waals surface area contributed by atoms with Crippen molar-refractivity contribution in [1.82, 2.24) is 0 Å². The standard InChI is InChI=1S/C20H13F2NO3/c21-16-6-5-14(9-17(16)22)18(24)10-15(19-7-8-20(25)26-19)13-3-1-12(11-23)2-4-13/h1-9,15,19H,10H2/t15-,19+/m1/s1. The number of ether oxygens (including phenoxy) is 1. The zero-order valence-corrected chi connectivity index (χ0v) is 13.5. The summed E-state index contributed by atoms with van der Waals surface area (Å²) in [6.45, 7) is 0. The van der Waals surface area contributed by atoms with Gasteiger partial charge in [0, 0.05) is 24.0 Å². The molecule has 0 spiro atoms. The van der Waals surface area contributed by atoms with E-state index in [2.05, 4.69) is 0 Å². The molecule has 2 atom stereocenters. The first kappa shape index (κ1) is 17.5. The molecule has 0 saturated carbocycles. The highest BCUT2D eigenvalue weighted by Gasteiger charge is 2.30. The second kappa shape index (κ2) is 7.28. The molecular formula is C20H13F2NO3. The Balaban J connectivity index is 1.88. The Bertz CT molecular complexity index is 929. The van der Waals surface area contributed by atoms with Crippen molar-refractivity contribution in [3.8, 4) is 6.07 Å². The number of carbonyl (C=O) groups is 2. The molecule has 0 unspecified atom stereocenters. The van der Waals surface area contributed by atoms with E-state index in [9.17, 15) is 18.4 Å². The summed E-state index contributed by atoms with van der Waals surface area (Å²) in [5.74, 6) is -3.55. The molecule has 2 aromatic rings. The minimum absolute atomic E-state index is 0.0378. The van der Waals surface area contributed by atoms with Crippen LogP contribution in [0.1, 0.15) is 33.8 Å². The number of ketones is 1. The first-order valence-corrected chi connectivity index (χ1v) is 7.85. The van der Waals surface area contributed by atoms with Gasteiger partial charge >= 0.3 is 5.97 Å². The molecule has 0 saturated heterocycles. The molecular weight excluding hydrogens is 340 g/mol. The van der Waals surface area contributed by atoms with Crippen LogP contribution in [0.25, 0.3) is 0 Å². The van der Waals surface area contributed by atoms with E-state index < -0.39 is 35.4 Å². The molecule has 130 valence electrons. The number of carbonyl (C=O) groups excluding carboxylic acids is 2. The van der Waals surface area contributed by atoms with Crippen LogP contribution in [0.5, 0.6) is 0 Å². The van der Waals surface area contributed by atoms with E-state index in [0.29, 0.717) is 11.1 Å². The number of esters is 1. The zero-order chi connectivity index (χ0) is 18.7. The maximum atomic E-state index is 13.4. The van der Waals surface area contributed by atoms with Crippen LogP contribution in [0, 0.1) is 23.0 Å². The molecule has 1 aliphatic rings. The van der Waals surface area contributed by atoms with Gasteiger partial charge in [-0.1, -0.05) is 12.1 Å². The molecule has 26 heavy (non-hydrogen) atoms. The van der Waals surface area contributed by atoms with Crippen molar-refractivity contribution in [3.05, 3.63) is 82.9 Å². The number of hydrogen-bond acceptors (Lipinski definition) is 4. The molecule has 2 aromatic carbocycles. The number of nitrogens with zero attached hydrogens (tertiary/aromatic N) is 1. The predicted octanol–water partition coefficient (Wildman–Crippen LogP) is 3.67. The normalized spacial score (nSPS) is 16.8. The SMILES string of the molecule is N#Cc1ccc([C@@H](CC(=O)c2ccc(F)c(F)c2)[C@@H]2C=CC(=O)O2)cc1. The Morgan fingerprint density at radius 3 is 2.46 bits per heavy atom. The average molecular weight is 353 g/mol. The van der Waals surface area contributed by atoms with E-state index in [0.717, 1.165) is 12.1 Å². The lowest BCUT2D eigenvalue weighted by molar-refractivity contribution is -0.139. The van der Waals surface area contributed by atoms with Crippen LogP contribution in [0.3, 0.4) is 0 Å². The van der Waals surface area contributed by atoms with Crippen molar-refractivity contribution < 1.29 is 23.1 Å². The van der Waals surface area contributed by atoms with Crippen LogP contribution < -0.4 is 0 Å². The molecule has 6 heteroatoms. The zero-order valence-electron chi connectivity index (χ0n) is 13.5. The van der Waals surface area contributed by atoms with Gasteiger partial charge in [-0.2, -0.15) is 5.26 Å². The van der Waals surface area contributed by atoms with Crippen LogP contribution >= 0.6 is 0 Å². The lowest BCUT2D eigenvalue weighted by Crippen LogP contribution is -2.22. The quantitative estimate of drug-likeness (QED) is 0.607. The molecule has 0 radical (unpaired) electrons. The Morgan fingerprint density at radius 2 is 1.88 bits per heavy atom. The second-order valence-corrected chi connectivity index (χ2v) is 5.86. The van der Waals surface area contributed by atoms with Gasteiger partial charge in [0.1, 0.15) is 6.10 Å². The van der Waals surface area contributed by atoms with Crippen LogP contribution in [-0.2, 0) is 9.53 Å². The molecule has 0 N–H and O–H groups in total. The number of nitriles is 1. The van der Waals surface area contributed by atoms with E-state index in [-0.39, 0.29) is 12.0 Å². The Kier molecular flexibility index (Phi) is 4.90. The van der Waals surface area contributed by atoms with Crippen molar-refractivity contribution in [2.24, 2.45) is 0 Å². The van der Waals surface area contributed by atoms with Crippen molar-refractivity contribution in [3.63, 3.8) is 0 Å². The third-order valence-electron chi connectivity index (χ3n) is 4.19. The minimum atomic E-state index is -1.10. The summed E-state index contributed by atoms with van der Waals surface area (Å²) >= 11 is 0. The fourth-order valence-electron chi connectivity index (χ4n) is 2.82. The van der Waals surface area contributed by atoms with Gasteiger partial charge in [0.25, 0.3) is 0 Å². The number of Topliss-reactive ketones (excluding diaryl/α,β-unsaturated/α-hetero) is 1. The summed E-state index contributed by atoms with van der Waals surface area (Å²) in [6.07, 6.45) is 2.12. The van der Waals surface area contributed by atoms with Crippen molar-refractivity contribution in [2.45, 2.75) is 18.4 Å². The maximum Gasteiger partial charge on any atom is 0.331 e. The maximum absolute atomic E-state index is 13.4. The molecule has 3 rings (SSSR count). The second-order valence-electron chi connectivity index (χ2n) is 5.86. The highest BCUT2D eigenvalue weighted by atomic mass is 19.2. The third kappa shape index (κ3) is 3.67. The highest BCUT2D eigenvalue weighted by molar-refractivity contribution is 5.96. The van der Waals surface area contributed by atoms with Crippen molar-refractivity contribution in [1.29, 1.82) is 5.26 Å². The smallest absolute Gasteiger partial charge is 0.331 e. The molecule has 1 aliphatic heterocycles. The van der Waals surface area contributed by atoms with E-state index in [1.807, 2.05) is 6.07 Å². The number of halogens is 2. The summed E-state index contributed by atoms with van der Waals surface area (Å²) < 4.78 is 31.7. The number of cyclic esters (lactones) is 1. The van der Waals surface area contributed by atoms with Gasteiger partial charge in [0.2, 0.25) is 0 Å². The van der Waals surface area contributed by atoms with Gasteiger partial charge in [-0.05, 0) is 42.0 Å². The minimum Gasteiger partial charge on any atom is -0.454 e. The van der Waals surface area contributed by atoms with Crippen LogP contribution in [0.4, 0.5) is 8.78 Å². The summed E-state index contributed by atoms with van der Waals surface area (Å²) in [4.78, 5) is 23.9. The van der Waals surface area contributed by atoms with Gasteiger partial charge in [-0.25, -0.2) is 13.6 Å². The average Bonchev–Trinajstić information content (AvgIpc) is 3.08. The van der Waals surface area contributed by atoms with Gasteiger partial charge in [-0.3, -0.25) is 4.79 Å². The largest absolute Gasteiger partial charge is 0.454 e. The first-order chi connectivity index (χ1) is 12.5. The number of benzene rings is 2. The molecule has 4 nitrogen and oxygen atoms in total. The third-order valence-corrected chi connectivity index (χ3v) is 4.19. The number of hydrogen-bond donors (Lipinski definition) is 0. The fraction of sp³-hybridized carbons (Fsp3) is 0.150. The Labute approximate surface area is 148 Å². The molecule has 0 fully saturated rings. The van der Waals surface area contributed by atoms with Crippen LogP contribution in [0.15, 0.2) is 54.6 Å². The molecule has 1 heterocycles. The van der Waals surface area contributed by atoms with Gasteiger partial charge in [-0.15, -0.1) is 0 Å². The van der Waals surface area contributed by atoms with Gasteiger partial charge < -0.3 is 4.74 Å². The van der Waals surface area contributed by atoms with E-state index in [1.54, 1.807) is 30.3 Å². The topological polar surface area (TPSA) is 67.2 Å². The molecule has 0 aromatic heterocycles. The molecule has 0 aliphatic carbocycles. The molecule has 0 bridgehead atoms. The van der Waals surface area contributed by atoms with E-state index in [4.69, 9.17) is 10.00 Å². The van der Waals surface area contributed by atoms with Crippen molar-refractivity contribution >= 4 is 11.8 Å². The van der Waals surface area contributed by atoms with Gasteiger partial charge in [0.15, 0.2) is 17.4 Å². The summed E-state index contributed by atoms with van der Waals surface area (Å²) in [7, 11) is 0. The van der Waals surface area contributed by atoms with Crippen LogP contribution in [0.2, 0.25) is 0 Å². The summed E-state index contributed by atoms with van der Waals surface area (Å²) in [5.41, 5.74) is 1.19. The summed E-state index contributed by atoms with van der Waals surface area (Å²) in [5, 5.41) is 8.91. The predicted molar refractivity (Wildman–Crippen MR) is 88.2 cm³/mol. The lowest BCUT2D eigenvalue weighted by atomic mass is 9.86. The Morgan fingerprint density at radius 1 is 1.15 bits per heavy atom. The van der Waals surface area contributed by atoms with E-state index in [1.165, 1.54) is 12.1 Å². The van der Waals surface area contributed by atoms with Crippen molar-refractivity contribution in [2.75, 3.05) is 0 Å². The lowest BCUT2D eigenvalue weighted by Gasteiger charge is -2.22. The highest BCUT2D eigenvalue weighted by Crippen LogP contribution is 2.31. The fourth-order valence-corrected chi connectivity index (χ4v) is 2.82. The molecule has 0 amide bonds. The van der Waals surface area contributed by atoms with E-state index >= 15 is 0 Å². The monoisotopic (exact) mass is 353 g/mol.